The summed E-state index contributed by atoms with van der Waals surface area (Å²) in [5, 5.41) is 10.9. The molecule has 1 fully saturated rings. The van der Waals surface area contributed by atoms with Crippen LogP contribution in [0.15, 0.2) is 18.2 Å². The van der Waals surface area contributed by atoms with Gasteiger partial charge < -0.3 is 14.4 Å². The Morgan fingerprint density at radius 2 is 2.19 bits per heavy atom. The second-order valence-electron chi connectivity index (χ2n) is 5.09. The summed E-state index contributed by atoms with van der Waals surface area (Å²) in [6, 6.07) is 4.93. The first-order valence-corrected chi connectivity index (χ1v) is 6.65. The molecule has 2 rings (SSSR count). The third-order valence-corrected chi connectivity index (χ3v) is 3.47. The van der Waals surface area contributed by atoms with Crippen molar-refractivity contribution in [1.29, 1.82) is 0 Å². The van der Waals surface area contributed by atoms with E-state index in [1.165, 1.54) is 13.2 Å². The summed E-state index contributed by atoms with van der Waals surface area (Å²) < 4.78 is 10.3. The summed E-state index contributed by atoms with van der Waals surface area (Å²) in [4.78, 5) is 24.1. The molecule has 0 radical (unpaired) electrons. The van der Waals surface area contributed by atoms with E-state index < -0.39 is 17.0 Å². The molecule has 7 nitrogen and oxygen atoms in total. The number of hydrogen-bond acceptors (Lipinski definition) is 6. The first-order chi connectivity index (χ1) is 9.92. The number of rotatable bonds is 3. The number of nitrogens with zero attached hydrogens (tertiary/aromatic N) is 2. The van der Waals surface area contributed by atoms with Crippen LogP contribution in [0.3, 0.4) is 0 Å². The highest BCUT2D eigenvalue weighted by molar-refractivity contribution is 5.76. The normalized spacial score (nSPS) is 22.0. The number of aryl methyl sites for hydroxylation is 1. The topological polar surface area (TPSA) is 81.9 Å². The lowest BCUT2D eigenvalue weighted by atomic mass is 10.1. The molecule has 0 amide bonds. The fourth-order valence-electron chi connectivity index (χ4n) is 2.47. The molecule has 0 aliphatic carbocycles. The smallest absolute Gasteiger partial charge is 0.336 e. The molecule has 0 saturated carbocycles. The van der Waals surface area contributed by atoms with Crippen molar-refractivity contribution in [2.24, 2.45) is 0 Å². The van der Waals surface area contributed by atoms with Crippen molar-refractivity contribution in [2.75, 3.05) is 25.1 Å². The molecule has 0 bridgehead atoms. The van der Waals surface area contributed by atoms with Gasteiger partial charge in [-0.1, -0.05) is 0 Å². The van der Waals surface area contributed by atoms with Crippen molar-refractivity contribution >= 4 is 17.3 Å². The van der Waals surface area contributed by atoms with E-state index in [0.717, 1.165) is 5.69 Å². The minimum absolute atomic E-state index is 0.0876. The highest BCUT2D eigenvalue weighted by atomic mass is 16.6. The van der Waals surface area contributed by atoms with Gasteiger partial charge in [-0.05, 0) is 26.0 Å². The highest BCUT2D eigenvalue weighted by Gasteiger charge is 2.31. The molecule has 1 aliphatic rings. The molecule has 0 spiro atoms. The number of nitro groups is 1. The maximum Gasteiger partial charge on any atom is 0.336 e. The SMILES string of the molecule is COC(=O)C1CN(c2ccc([N+](=O)[O-])c(C)c2)C[C@H](C)O1. The van der Waals surface area contributed by atoms with Crippen molar-refractivity contribution in [2.45, 2.75) is 26.1 Å². The van der Waals surface area contributed by atoms with E-state index in [9.17, 15) is 14.9 Å². The van der Waals surface area contributed by atoms with Crippen LogP contribution in [0.4, 0.5) is 11.4 Å². The first-order valence-electron chi connectivity index (χ1n) is 6.65. The highest BCUT2D eigenvalue weighted by Crippen LogP contribution is 2.26. The molecule has 1 saturated heterocycles. The molecule has 0 N–H and O–H groups in total. The van der Waals surface area contributed by atoms with E-state index in [-0.39, 0.29) is 11.8 Å². The van der Waals surface area contributed by atoms with Crippen molar-refractivity contribution in [3.63, 3.8) is 0 Å². The van der Waals surface area contributed by atoms with Crippen LogP contribution in [-0.4, -0.2) is 43.3 Å². The number of carbonyl (C=O) groups excluding carboxylic acids is 1. The molecule has 1 aliphatic heterocycles. The molecule has 2 atom stereocenters. The summed E-state index contributed by atoms with van der Waals surface area (Å²) >= 11 is 0. The van der Waals surface area contributed by atoms with Gasteiger partial charge in [-0.2, -0.15) is 0 Å². The zero-order valence-corrected chi connectivity index (χ0v) is 12.2. The predicted molar refractivity (Wildman–Crippen MR) is 76.4 cm³/mol. The Balaban J connectivity index is 2.22. The maximum atomic E-state index is 11.6. The van der Waals surface area contributed by atoms with Crippen LogP contribution in [0.2, 0.25) is 0 Å². The van der Waals surface area contributed by atoms with Gasteiger partial charge in [0.15, 0.2) is 6.10 Å². The molecule has 114 valence electrons. The Labute approximate surface area is 122 Å². The van der Waals surface area contributed by atoms with Crippen LogP contribution < -0.4 is 4.90 Å². The second-order valence-corrected chi connectivity index (χ2v) is 5.09. The molecule has 0 aromatic heterocycles. The Bertz CT molecular complexity index is 560. The van der Waals surface area contributed by atoms with Gasteiger partial charge >= 0.3 is 5.97 Å². The van der Waals surface area contributed by atoms with Gasteiger partial charge in [0.1, 0.15) is 0 Å². The quantitative estimate of drug-likeness (QED) is 0.479. The number of carbonyl (C=O) groups is 1. The molecule has 1 aromatic rings. The number of ether oxygens (including phenoxy) is 2. The van der Waals surface area contributed by atoms with Gasteiger partial charge in [0.2, 0.25) is 0 Å². The van der Waals surface area contributed by atoms with Gasteiger partial charge in [-0.15, -0.1) is 0 Å². The molecule has 7 heteroatoms. The fraction of sp³-hybridized carbons (Fsp3) is 0.500. The van der Waals surface area contributed by atoms with Crippen molar-refractivity contribution in [3.8, 4) is 0 Å². The minimum atomic E-state index is -0.644. The van der Waals surface area contributed by atoms with Crippen molar-refractivity contribution in [1.82, 2.24) is 0 Å². The van der Waals surface area contributed by atoms with Gasteiger partial charge in [-0.3, -0.25) is 10.1 Å². The third kappa shape index (κ3) is 3.30. The molecule has 1 unspecified atom stereocenters. The van der Waals surface area contributed by atoms with E-state index >= 15 is 0 Å². The second kappa shape index (κ2) is 6.09. The van der Waals surface area contributed by atoms with Gasteiger partial charge in [-0.25, -0.2) is 4.79 Å². The van der Waals surface area contributed by atoms with Crippen molar-refractivity contribution < 1.29 is 19.2 Å². The molecular formula is C14H18N2O5. The van der Waals surface area contributed by atoms with E-state index in [0.29, 0.717) is 18.7 Å². The Morgan fingerprint density at radius 1 is 1.48 bits per heavy atom. The summed E-state index contributed by atoms with van der Waals surface area (Å²) in [5.74, 6) is -0.412. The number of methoxy groups -OCH3 is 1. The molecular weight excluding hydrogens is 276 g/mol. The van der Waals surface area contributed by atoms with E-state index in [1.54, 1.807) is 19.1 Å². The lowest BCUT2D eigenvalue weighted by Gasteiger charge is -2.37. The van der Waals surface area contributed by atoms with Crippen LogP contribution in [-0.2, 0) is 14.3 Å². The van der Waals surface area contributed by atoms with Gasteiger partial charge in [0.05, 0.1) is 24.7 Å². The number of morpholine rings is 1. The van der Waals surface area contributed by atoms with E-state index in [1.807, 2.05) is 11.8 Å². The maximum absolute atomic E-state index is 11.6. The largest absolute Gasteiger partial charge is 0.467 e. The summed E-state index contributed by atoms with van der Waals surface area (Å²) in [7, 11) is 1.32. The third-order valence-electron chi connectivity index (χ3n) is 3.47. The first kappa shape index (κ1) is 15.2. The standard InChI is InChI=1S/C14H18N2O5/c1-9-6-11(4-5-12(9)16(18)19)15-7-10(2)21-13(8-15)14(17)20-3/h4-6,10,13H,7-8H2,1-3H3/t10-,13?/m0/s1. The molecule has 1 heterocycles. The lowest BCUT2D eigenvalue weighted by Crippen LogP contribution is -2.50. The van der Waals surface area contributed by atoms with E-state index in [4.69, 9.17) is 9.47 Å². The van der Waals surface area contributed by atoms with Crippen LogP contribution in [0.1, 0.15) is 12.5 Å². The fourth-order valence-corrected chi connectivity index (χ4v) is 2.47. The number of hydrogen-bond donors (Lipinski definition) is 0. The van der Waals surface area contributed by atoms with Crippen LogP contribution in [0.5, 0.6) is 0 Å². The Hall–Kier alpha value is -2.15. The minimum Gasteiger partial charge on any atom is -0.467 e. The number of nitro benzene ring substituents is 1. The predicted octanol–water partition coefficient (Wildman–Crippen LogP) is 1.67. The van der Waals surface area contributed by atoms with Gasteiger partial charge in [0, 0.05) is 23.9 Å². The average molecular weight is 294 g/mol. The lowest BCUT2D eigenvalue weighted by molar-refractivity contribution is -0.385. The number of benzene rings is 1. The monoisotopic (exact) mass is 294 g/mol. The molecule has 1 aromatic carbocycles. The van der Waals surface area contributed by atoms with E-state index in [2.05, 4.69) is 0 Å². The number of esters is 1. The zero-order chi connectivity index (χ0) is 15.6. The Kier molecular flexibility index (Phi) is 4.42. The number of anilines is 1. The van der Waals surface area contributed by atoms with Gasteiger partial charge in [0.25, 0.3) is 5.69 Å². The van der Waals surface area contributed by atoms with Crippen LogP contribution >= 0.6 is 0 Å². The Morgan fingerprint density at radius 3 is 2.76 bits per heavy atom. The summed E-state index contributed by atoms with van der Waals surface area (Å²) in [6.07, 6.45) is -0.771. The summed E-state index contributed by atoms with van der Waals surface area (Å²) in [6.45, 7) is 4.56. The van der Waals surface area contributed by atoms with Crippen LogP contribution in [0.25, 0.3) is 0 Å². The summed E-state index contributed by atoms with van der Waals surface area (Å²) in [5.41, 5.74) is 1.51. The van der Waals surface area contributed by atoms with Crippen molar-refractivity contribution in [3.05, 3.63) is 33.9 Å². The average Bonchev–Trinajstić information content (AvgIpc) is 2.45. The zero-order valence-electron chi connectivity index (χ0n) is 12.2. The molecule has 21 heavy (non-hydrogen) atoms. The van der Waals surface area contributed by atoms with Crippen LogP contribution in [0, 0.1) is 17.0 Å².